The van der Waals surface area contributed by atoms with Gasteiger partial charge in [-0.3, -0.25) is 4.79 Å². The van der Waals surface area contributed by atoms with E-state index in [2.05, 4.69) is 5.32 Å². The molecule has 0 saturated carbocycles. The van der Waals surface area contributed by atoms with E-state index in [0.29, 0.717) is 12.8 Å². The summed E-state index contributed by atoms with van der Waals surface area (Å²) in [6.07, 6.45) is 1.12. The van der Waals surface area contributed by atoms with Crippen LogP contribution in [0.4, 0.5) is 4.79 Å². The second-order valence-electron chi connectivity index (χ2n) is 5.02. The van der Waals surface area contributed by atoms with Gasteiger partial charge in [-0.2, -0.15) is 0 Å². The third kappa shape index (κ3) is 5.06. The van der Waals surface area contributed by atoms with Crippen molar-refractivity contribution in [1.82, 2.24) is 10.2 Å². The van der Waals surface area contributed by atoms with E-state index in [1.165, 1.54) is 4.90 Å². The Morgan fingerprint density at radius 1 is 1.42 bits per heavy atom. The van der Waals surface area contributed by atoms with Gasteiger partial charge >= 0.3 is 12.0 Å². The van der Waals surface area contributed by atoms with Gasteiger partial charge < -0.3 is 15.3 Å². The van der Waals surface area contributed by atoms with Crippen molar-refractivity contribution in [2.75, 3.05) is 18.1 Å². The first-order valence-corrected chi connectivity index (χ1v) is 8.03. The Balaban J connectivity index is 2.63. The molecule has 0 aromatic rings. The van der Waals surface area contributed by atoms with Crippen molar-refractivity contribution in [2.45, 2.75) is 38.8 Å². The first-order chi connectivity index (χ1) is 8.71. The summed E-state index contributed by atoms with van der Waals surface area (Å²) in [6.45, 7) is 3.02. The van der Waals surface area contributed by atoms with Crippen LogP contribution in [0.25, 0.3) is 0 Å². The standard InChI is InChI=1S/C11H20N2O5S/c1-8(2)13(6-10(14)15)11(16)12-9-4-3-5-19(17,18)7-9/h8-9H,3-7H2,1-2H3,(H,12,16)(H,14,15). The average Bonchev–Trinajstić information content (AvgIpc) is 2.23. The fourth-order valence-electron chi connectivity index (χ4n) is 2.03. The van der Waals surface area contributed by atoms with Gasteiger partial charge in [0, 0.05) is 12.1 Å². The minimum atomic E-state index is -3.10. The highest BCUT2D eigenvalue weighted by Crippen LogP contribution is 2.12. The number of hydrogen-bond acceptors (Lipinski definition) is 4. The molecule has 2 amide bonds. The average molecular weight is 292 g/mol. The number of sulfone groups is 1. The van der Waals surface area contributed by atoms with E-state index in [-0.39, 0.29) is 17.5 Å². The van der Waals surface area contributed by atoms with E-state index < -0.39 is 34.4 Å². The van der Waals surface area contributed by atoms with Crippen molar-refractivity contribution in [3.8, 4) is 0 Å². The lowest BCUT2D eigenvalue weighted by Crippen LogP contribution is -2.52. The Hall–Kier alpha value is -1.31. The van der Waals surface area contributed by atoms with Crippen molar-refractivity contribution >= 4 is 21.8 Å². The van der Waals surface area contributed by atoms with Crippen LogP contribution in [0.3, 0.4) is 0 Å². The highest BCUT2D eigenvalue weighted by molar-refractivity contribution is 7.91. The van der Waals surface area contributed by atoms with Gasteiger partial charge in [0.2, 0.25) is 0 Å². The Bertz CT molecular complexity index is 446. The number of hydrogen-bond donors (Lipinski definition) is 2. The largest absolute Gasteiger partial charge is 0.480 e. The molecule has 1 rings (SSSR count). The Labute approximate surface area is 112 Å². The van der Waals surface area contributed by atoms with Gasteiger partial charge in [0.1, 0.15) is 6.54 Å². The summed E-state index contributed by atoms with van der Waals surface area (Å²) >= 11 is 0. The smallest absolute Gasteiger partial charge is 0.323 e. The molecule has 1 atom stereocenters. The fourth-order valence-corrected chi connectivity index (χ4v) is 3.67. The lowest BCUT2D eigenvalue weighted by molar-refractivity contribution is -0.138. The molecule has 0 aromatic carbocycles. The monoisotopic (exact) mass is 292 g/mol. The molecule has 1 aliphatic heterocycles. The van der Waals surface area contributed by atoms with Crippen molar-refractivity contribution < 1.29 is 23.1 Å². The van der Waals surface area contributed by atoms with Crippen molar-refractivity contribution in [2.24, 2.45) is 0 Å². The quantitative estimate of drug-likeness (QED) is 0.763. The molecule has 7 nitrogen and oxygen atoms in total. The number of carboxylic acids is 1. The number of aliphatic carboxylic acids is 1. The van der Waals surface area contributed by atoms with Crippen LogP contribution in [0.15, 0.2) is 0 Å². The Morgan fingerprint density at radius 3 is 2.53 bits per heavy atom. The summed E-state index contributed by atoms with van der Waals surface area (Å²) in [6, 6.07) is -1.22. The molecule has 1 fully saturated rings. The molecule has 0 aromatic heterocycles. The van der Waals surface area contributed by atoms with Crippen LogP contribution in [-0.2, 0) is 14.6 Å². The van der Waals surface area contributed by atoms with Crippen LogP contribution in [-0.4, -0.2) is 60.6 Å². The van der Waals surface area contributed by atoms with Crippen molar-refractivity contribution in [3.63, 3.8) is 0 Å². The third-order valence-electron chi connectivity index (χ3n) is 2.98. The fraction of sp³-hybridized carbons (Fsp3) is 0.818. The molecule has 2 N–H and O–H groups in total. The first-order valence-electron chi connectivity index (χ1n) is 6.20. The maximum atomic E-state index is 12.0. The predicted octanol–water partition coefficient (Wildman–Crippen LogP) is 0.0682. The van der Waals surface area contributed by atoms with E-state index in [9.17, 15) is 18.0 Å². The number of carbonyl (C=O) groups is 2. The van der Waals surface area contributed by atoms with Gasteiger partial charge in [0.05, 0.1) is 11.5 Å². The SMILES string of the molecule is CC(C)N(CC(=O)O)C(=O)NC1CCCS(=O)(=O)C1. The first kappa shape index (κ1) is 15.7. The van der Waals surface area contributed by atoms with Gasteiger partial charge in [-0.15, -0.1) is 0 Å². The van der Waals surface area contributed by atoms with Crippen LogP contribution in [0.5, 0.6) is 0 Å². The number of urea groups is 1. The van der Waals surface area contributed by atoms with Crippen LogP contribution in [0.2, 0.25) is 0 Å². The highest BCUT2D eigenvalue weighted by Gasteiger charge is 2.28. The minimum absolute atomic E-state index is 0.0717. The third-order valence-corrected chi connectivity index (χ3v) is 4.80. The Kier molecular flexibility index (Phi) is 5.16. The summed E-state index contributed by atoms with van der Waals surface area (Å²) in [5, 5.41) is 11.4. The summed E-state index contributed by atoms with van der Waals surface area (Å²) < 4.78 is 22.9. The number of rotatable bonds is 4. The molecule has 1 heterocycles. The number of amides is 2. The zero-order chi connectivity index (χ0) is 14.6. The van der Waals surface area contributed by atoms with E-state index in [1.807, 2.05) is 0 Å². The van der Waals surface area contributed by atoms with Gasteiger partial charge in [-0.05, 0) is 26.7 Å². The maximum Gasteiger partial charge on any atom is 0.323 e. The summed E-state index contributed by atoms with van der Waals surface area (Å²) in [5.41, 5.74) is 0. The molecular weight excluding hydrogens is 272 g/mol. The summed E-state index contributed by atoms with van der Waals surface area (Å²) in [5.74, 6) is -1.01. The Morgan fingerprint density at radius 2 is 2.05 bits per heavy atom. The van der Waals surface area contributed by atoms with E-state index >= 15 is 0 Å². The molecule has 110 valence electrons. The zero-order valence-corrected chi connectivity index (χ0v) is 11.9. The molecular formula is C11H20N2O5S. The molecule has 1 saturated heterocycles. The summed E-state index contributed by atoms with van der Waals surface area (Å²) in [7, 11) is -3.10. The maximum absolute atomic E-state index is 12.0. The number of nitrogens with one attached hydrogen (secondary N) is 1. The molecule has 8 heteroatoms. The molecule has 0 spiro atoms. The normalized spacial score (nSPS) is 21.9. The van der Waals surface area contributed by atoms with Crippen LogP contribution >= 0.6 is 0 Å². The molecule has 0 aliphatic carbocycles. The molecule has 19 heavy (non-hydrogen) atoms. The van der Waals surface area contributed by atoms with Crippen molar-refractivity contribution in [3.05, 3.63) is 0 Å². The molecule has 1 aliphatic rings. The van der Waals surface area contributed by atoms with E-state index in [4.69, 9.17) is 5.11 Å². The number of carbonyl (C=O) groups excluding carboxylic acids is 1. The van der Waals surface area contributed by atoms with Gasteiger partial charge in [0.15, 0.2) is 9.84 Å². The summed E-state index contributed by atoms with van der Waals surface area (Å²) in [4.78, 5) is 23.8. The number of carboxylic acid groups (broad SMARTS) is 1. The molecule has 0 bridgehead atoms. The van der Waals surface area contributed by atoms with Crippen LogP contribution < -0.4 is 5.32 Å². The minimum Gasteiger partial charge on any atom is -0.480 e. The number of nitrogens with zero attached hydrogens (tertiary/aromatic N) is 1. The second-order valence-corrected chi connectivity index (χ2v) is 7.25. The van der Waals surface area contributed by atoms with Crippen LogP contribution in [0, 0.1) is 0 Å². The zero-order valence-electron chi connectivity index (χ0n) is 11.1. The highest BCUT2D eigenvalue weighted by atomic mass is 32.2. The lowest BCUT2D eigenvalue weighted by atomic mass is 10.2. The van der Waals surface area contributed by atoms with E-state index in [0.717, 1.165) is 0 Å². The predicted molar refractivity (Wildman–Crippen MR) is 69.7 cm³/mol. The lowest BCUT2D eigenvalue weighted by Gasteiger charge is -2.29. The van der Waals surface area contributed by atoms with Crippen LogP contribution in [0.1, 0.15) is 26.7 Å². The van der Waals surface area contributed by atoms with Crippen molar-refractivity contribution in [1.29, 1.82) is 0 Å². The second kappa shape index (κ2) is 6.23. The molecule has 0 radical (unpaired) electrons. The molecule has 1 unspecified atom stereocenters. The topological polar surface area (TPSA) is 104 Å². The van der Waals surface area contributed by atoms with Gasteiger partial charge in [0.25, 0.3) is 0 Å². The van der Waals surface area contributed by atoms with Gasteiger partial charge in [-0.25, -0.2) is 13.2 Å². The van der Waals surface area contributed by atoms with E-state index in [1.54, 1.807) is 13.8 Å². The van der Waals surface area contributed by atoms with Gasteiger partial charge in [-0.1, -0.05) is 0 Å².